The number of aromatic nitrogens is 2. The number of pyridine rings is 2. The topological polar surface area (TPSA) is 60.8 Å². The van der Waals surface area contributed by atoms with Crippen molar-refractivity contribution < 1.29 is 15.0 Å². The van der Waals surface area contributed by atoms with E-state index in [1.54, 1.807) is 0 Å². The Morgan fingerprint density at radius 3 is 1.96 bits per heavy atom. The second kappa shape index (κ2) is 8.85. The summed E-state index contributed by atoms with van der Waals surface area (Å²) in [6.07, 6.45) is 0. The van der Waals surface area contributed by atoms with Crippen molar-refractivity contribution in [3.8, 4) is 0 Å². The average molecular weight is 434 g/mol. The van der Waals surface area contributed by atoms with Crippen LogP contribution >= 0.6 is 12.4 Å². The summed E-state index contributed by atoms with van der Waals surface area (Å²) in [6.45, 7) is 10.7. The van der Waals surface area contributed by atoms with Crippen LogP contribution in [-0.4, -0.2) is 9.97 Å². The molecule has 0 aliphatic carbocycles. The van der Waals surface area contributed by atoms with E-state index < -0.39 is 0 Å². The Morgan fingerprint density at radius 2 is 1.32 bits per heavy atom. The molecule has 0 unspecified atom stereocenters. The molecule has 5 heteroatoms. The zero-order valence-corrected chi connectivity index (χ0v) is 18.2. The van der Waals surface area contributed by atoms with Crippen molar-refractivity contribution in [2.24, 2.45) is 0 Å². The third-order valence-electron chi connectivity index (χ3n) is 4.49. The molecule has 0 amide bonds. The third-order valence-corrected chi connectivity index (χ3v) is 6.25. The van der Waals surface area contributed by atoms with Crippen molar-refractivity contribution in [2.45, 2.75) is 20.8 Å². The smallest absolute Gasteiger partial charge is 0.147 e. The molecule has 4 aromatic rings. The fourth-order valence-electron chi connectivity index (χ4n) is 3.09. The van der Waals surface area contributed by atoms with Crippen LogP contribution in [0.1, 0.15) is 22.5 Å². The SMILES string of the molecule is C=[C]([Fe][c]1c(C)cccc1C)c1ccc2ccc3ccc(C)nc3c2n1.Cl.N. The first-order chi connectivity index (χ1) is 12.5. The normalized spacial score (nSPS) is 10.5. The van der Waals surface area contributed by atoms with Crippen molar-refractivity contribution in [3.63, 3.8) is 0 Å². The van der Waals surface area contributed by atoms with Crippen LogP contribution in [0.4, 0.5) is 0 Å². The molecule has 3 N–H and O–H groups in total. The first-order valence-electron chi connectivity index (χ1n) is 8.58. The minimum Gasteiger partial charge on any atom is -0.344 e. The van der Waals surface area contributed by atoms with Crippen molar-refractivity contribution in [3.05, 3.63) is 83.7 Å². The van der Waals surface area contributed by atoms with Gasteiger partial charge in [-0.05, 0) is 0 Å². The second-order valence-corrected chi connectivity index (χ2v) is 8.02. The van der Waals surface area contributed by atoms with Gasteiger partial charge in [-0.15, -0.1) is 12.4 Å². The first kappa shape index (κ1) is 22.1. The molecule has 0 atom stereocenters. The van der Waals surface area contributed by atoms with Crippen molar-refractivity contribution in [1.29, 1.82) is 0 Å². The molecule has 0 spiro atoms. The van der Waals surface area contributed by atoms with Gasteiger partial charge in [0.05, 0.1) is 0 Å². The van der Waals surface area contributed by atoms with Gasteiger partial charge < -0.3 is 6.15 Å². The molecule has 0 aliphatic rings. The van der Waals surface area contributed by atoms with Crippen LogP contribution < -0.4 is 10.6 Å². The summed E-state index contributed by atoms with van der Waals surface area (Å²) < 4.78 is 2.38. The summed E-state index contributed by atoms with van der Waals surface area (Å²) >= 11 is 0.814. The molecule has 2 aromatic heterocycles. The average Bonchev–Trinajstić information content (AvgIpc) is 2.64. The number of halogens is 1. The number of nitrogens with zero attached hydrogens (tertiary/aromatic N) is 2. The van der Waals surface area contributed by atoms with E-state index in [2.05, 4.69) is 69.0 Å². The van der Waals surface area contributed by atoms with E-state index in [0.717, 1.165) is 52.6 Å². The Hall–Kier alpha value is -2.23. The van der Waals surface area contributed by atoms with Gasteiger partial charge in [0.25, 0.3) is 0 Å². The zero-order chi connectivity index (χ0) is 18.3. The zero-order valence-electron chi connectivity index (χ0n) is 16.3. The number of benzene rings is 2. The van der Waals surface area contributed by atoms with Crippen LogP contribution in [0.3, 0.4) is 0 Å². The van der Waals surface area contributed by atoms with Gasteiger partial charge in [0.1, 0.15) is 0 Å². The van der Waals surface area contributed by atoms with Gasteiger partial charge in [0.2, 0.25) is 0 Å². The summed E-state index contributed by atoms with van der Waals surface area (Å²) in [7, 11) is 0. The quantitative estimate of drug-likeness (QED) is 0.334. The predicted octanol–water partition coefficient (Wildman–Crippen LogP) is 5.67. The van der Waals surface area contributed by atoms with Gasteiger partial charge in [-0.1, -0.05) is 0 Å². The van der Waals surface area contributed by atoms with Crippen molar-refractivity contribution in [2.75, 3.05) is 0 Å². The van der Waals surface area contributed by atoms with E-state index in [-0.39, 0.29) is 18.6 Å². The molecule has 4 rings (SSSR count). The van der Waals surface area contributed by atoms with E-state index in [1.165, 1.54) is 15.6 Å². The molecule has 28 heavy (non-hydrogen) atoms. The van der Waals surface area contributed by atoms with Crippen LogP contribution in [0.2, 0.25) is 0 Å². The van der Waals surface area contributed by atoms with E-state index >= 15 is 0 Å². The van der Waals surface area contributed by atoms with Crippen molar-refractivity contribution >= 4 is 43.1 Å². The fraction of sp³-hybridized carbons (Fsp3) is 0.130. The Morgan fingerprint density at radius 1 is 0.786 bits per heavy atom. The molecular formula is C23H24ClFeN3. The van der Waals surface area contributed by atoms with Gasteiger partial charge in [-0.25, -0.2) is 0 Å². The maximum absolute atomic E-state index is 4.94. The summed E-state index contributed by atoms with van der Waals surface area (Å²) in [4.78, 5) is 9.66. The molecule has 0 saturated heterocycles. The molecule has 2 heterocycles. The fourth-order valence-corrected chi connectivity index (χ4v) is 4.34. The number of fused-ring (bicyclic) bond motifs is 3. The van der Waals surface area contributed by atoms with E-state index in [0.29, 0.717) is 0 Å². The second-order valence-electron chi connectivity index (χ2n) is 6.53. The minimum absolute atomic E-state index is 0. The van der Waals surface area contributed by atoms with Gasteiger partial charge in [-0.2, -0.15) is 0 Å². The standard InChI is InChI=1S/C15H11N2.C8H9.ClH.Fe.H3N/c1-3-13-9-8-12-7-6-11-5-4-10(2)16-14(11)15(12)17-13;1-7-4-3-5-8(2)6-7;;;/h4-9H,1H2,2H3;3-5H,1-2H3;1H;;1H3. The maximum atomic E-state index is 4.94. The summed E-state index contributed by atoms with van der Waals surface area (Å²) in [5.74, 6) is 0. The summed E-state index contributed by atoms with van der Waals surface area (Å²) in [5.41, 5.74) is 6.46. The van der Waals surface area contributed by atoms with Crippen LogP contribution in [-0.2, 0) is 15.0 Å². The van der Waals surface area contributed by atoms with Gasteiger partial charge in [0.15, 0.2) is 0 Å². The van der Waals surface area contributed by atoms with E-state index in [4.69, 9.17) is 9.97 Å². The number of hydrogen-bond acceptors (Lipinski definition) is 3. The van der Waals surface area contributed by atoms with Gasteiger partial charge >= 0.3 is 160 Å². The van der Waals surface area contributed by atoms with E-state index in [1.807, 2.05) is 13.0 Å². The number of aryl methyl sites for hydroxylation is 3. The molecule has 146 valence electrons. The monoisotopic (exact) mass is 433 g/mol. The molecule has 0 saturated carbocycles. The Bertz CT molecular complexity index is 1150. The number of hydrogen-bond donors (Lipinski definition) is 1. The summed E-state index contributed by atoms with van der Waals surface area (Å²) in [5, 5.41) is 2.23. The third kappa shape index (κ3) is 4.11. The maximum Gasteiger partial charge on any atom is -0.147 e. The molecule has 0 fully saturated rings. The molecule has 3 nitrogen and oxygen atoms in total. The van der Waals surface area contributed by atoms with Crippen LogP contribution in [0.25, 0.3) is 26.3 Å². The predicted molar refractivity (Wildman–Crippen MR) is 119 cm³/mol. The molecule has 0 radical (unpaired) electrons. The Kier molecular flexibility index (Phi) is 6.97. The Balaban J connectivity index is 0.00000140. The Labute approximate surface area is 178 Å². The van der Waals surface area contributed by atoms with E-state index in [9.17, 15) is 0 Å². The molecule has 0 aliphatic heterocycles. The largest absolute Gasteiger partial charge is 0.344 e. The number of rotatable bonds is 3. The van der Waals surface area contributed by atoms with Crippen LogP contribution in [0.15, 0.2) is 61.2 Å². The van der Waals surface area contributed by atoms with Crippen molar-refractivity contribution in [1.82, 2.24) is 16.1 Å². The summed E-state index contributed by atoms with van der Waals surface area (Å²) in [6, 6.07) is 19.0. The molecular weight excluding hydrogens is 410 g/mol. The molecule has 0 bridgehead atoms. The minimum atomic E-state index is 0. The molecule has 2 aromatic carbocycles. The van der Waals surface area contributed by atoms with Gasteiger partial charge in [0, 0.05) is 0 Å². The van der Waals surface area contributed by atoms with Gasteiger partial charge in [-0.3, -0.25) is 0 Å². The van der Waals surface area contributed by atoms with Crippen LogP contribution in [0, 0.1) is 20.8 Å². The first-order valence-corrected chi connectivity index (χ1v) is 9.68. The van der Waals surface area contributed by atoms with Crippen LogP contribution in [0.5, 0.6) is 0 Å².